The highest BCUT2D eigenvalue weighted by molar-refractivity contribution is 6.06. The first kappa shape index (κ1) is 29.0. The molecule has 0 unspecified atom stereocenters. The Morgan fingerprint density at radius 1 is 1.05 bits per heavy atom. The molecule has 0 atom stereocenters. The average molecular weight is 557 g/mol. The molecule has 0 aliphatic carbocycles. The minimum atomic E-state index is -0.495. The Morgan fingerprint density at radius 3 is 2.29 bits per heavy atom. The van der Waals surface area contributed by atoms with Gasteiger partial charge in [-0.25, -0.2) is 4.79 Å². The average Bonchev–Trinajstić information content (AvgIpc) is 2.99. The van der Waals surface area contributed by atoms with Crippen LogP contribution in [0.5, 0.6) is 5.75 Å². The third-order valence-electron chi connectivity index (χ3n) is 7.23. The Labute approximate surface area is 238 Å². The van der Waals surface area contributed by atoms with E-state index in [0.717, 1.165) is 24.1 Å². The van der Waals surface area contributed by atoms with E-state index >= 15 is 0 Å². The molecule has 2 amide bonds. The third-order valence-corrected chi connectivity index (χ3v) is 7.23. The van der Waals surface area contributed by atoms with E-state index in [2.05, 4.69) is 11.3 Å². The minimum Gasteiger partial charge on any atom is -0.497 e. The zero-order valence-electron chi connectivity index (χ0n) is 23.0. The zero-order chi connectivity index (χ0) is 29.4. The molecule has 10 heteroatoms. The molecule has 212 valence electrons. The van der Waals surface area contributed by atoms with Crippen LogP contribution in [0, 0.1) is 10.1 Å². The fraction of sp³-hybridized carbons (Fsp3) is 0.290. The number of anilines is 2. The van der Waals surface area contributed by atoms with Gasteiger partial charge in [0.15, 0.2) is 0 Å². The number of ether oxygens (including phenoxy) is 1. The summed E-state index contributed by atoms with van der Waals surface area (Å²) < 4.78 is 5.19. The molecular weight excluding hydrogens is 524 g/mol. The van der Waals surface area contributed by atoms with Crippen molar-refractivity contribution in [3.05, 3.63) is 99.7 Å². The normalized spacial score (nSPS) is 13.2. The van der Waals surface area contributed by atoms with E-state index in [9.17, 15) is 24.5 Å². The van der Waals surface area contributed by atoms with Crippen LogP contribution in [-0.2, 0) is 9.59 Å². The molecule has 0 aromatic heterocycles. The van der Waals surface area contributed by atoms with Gasteiger partial charge in [0, 0.05) is 62.0 Å². The van der Waals surface area contributed by atoms with Crippen molar-refractivity contribution < 1.29 is 24.0 Å². The van der Waals surface area contributed by atoms with Gasteiger partial charge >= 0.3 is 0 Å². The molecule has 0 saturated carbocycles. The summed E-state index contributed by atoms with van der Waals surface area (Å²) in [5, 5.41) is 14.1. The molecule has 0 spiro atoms. The molecule has 10 nitrogen and oxygen atoms in total. The summed E-state index contributed by atoms with van der Waals surface area (Å²) in [4.78, 5) is 51.4. The number of likely N-dealkylation sites (tertiary alicyclic amines) is 1. The van der Waals surface area contributed by atoms with Gasteiger partial charge < -0.3 is 19.9 Å². The number of amides is 2. The Kier molecular flexibility index (Phi) is 9.50. The van der Waals surface area contributed by atoms with E-state index in [4.69, 9.17) is 4.74 Å². The van der Waals surface area contributed by atoms with E-state index < -0.39 is 4.92 Å². The molecule has 1 saturated heterocycles. The molecule has 3 aromatic carbocycles. The lowest BCUT2D eigenvalue weighted by Gasteiger charge is -2.35. The van der Waals surface area contributed by atoms with Crippen molar-refractivity contribution in [2.24, 2.45) is 0 Å². The summed E-state index contributed by atoms with van der Waals surface area (Å²) in [5.74, 6) is 2.49. The summed E-state index contributed by atoms with van der Waals surface area (Å²) in [6.07, 6.45) is 1.84. The van der Waals surface area contributed by atoms with Crippen LogP contribution in [0.15, 0.2) is 78.5 Å². The van der Waals surface area contributed by atoms with Gasteiger partial charge in [-0.2, -0.15) is 0 Å². The molecule has 1 N–H and O–H groups in total. The third kappa shape index (κ3) is 7.17. The standard InChI is InChI=1S/C31H32N4O6/c1-22(37)32-30-6-4-3-5-29(30)23-15-18-33(19-16-23)27(21-36)17-20-34(25-9-11-26(12-10-25)35(39)40)31(38)24-7-13-28(41-2)14-8-24/h3-14,23H,15-20H2,1-2H3,(H,32,37). The van der Waals surface area contributed by atoms with E-state index in [-0.39, 0.29) is 36.4 Å². The van der Waals surface area contributed by atoms with Crippen molar-refractivity contribution in [3.63, 3.8) is 0 Å². The van der Waals surface area contributed by atoms with Crippen LogP contribution in [0.2, 0.25) is 0 Å². The van der Waals surface area contributed by atoms with Crippen molar-refractivity contribution in [1.29, 1.82) is 0 Å². The molecule has 41 heavy (non-hydrogen) atoms. The maximum absolute atomic E-state index is 13.5. The zero-order valence-corrected chi connectivity index (χ0v) is 23.0. The van der Waals surface area contributed by atoms with Crippen LogP contribution < -0.4 is 15.0 Å². The van der Waals surface area contributed by atoms with Crippen LogP contribution in [0.1, 0.15) is 48.0 Å². The topological polar surface area (TPSA) is 122 Å². The quantitative estimate of drug-likeness (QED) is 0.207. The Balaban J connectivity index is 1.48. The smallest absolute Gasteiger partial charge is 0.269 e. The summed E-state index contributed by atoms with van der Waals surface area (Å²) >= 11 is 0. The minimum absolute atomic E-state index is 0.0815. The number of benzene rings is 3. The molecule has 1 heterocycles. The molecule has 1 fully saturated rings. The maximum atomic E-state index is 13.5. The van der Waals surface area contributed by atoms with Gasteiger partial charge in [0.05, 0.1) is 12.0 Å². The van der Waals surface area contributed by atoms with Gasteiger partial charge in [0.1, 0.15) is 17.4 Å². The molecule has 1 aliphatic heterocycles. The highest BCUT2D eigenvalue weighted by Gasteiger charge is 2.26. The number of hydrogen-bond acceptors (Lipinski definition) is 7. The van der Waals surface area contributed by atoms with Crippen molar-refractivity contribution in [2.45, 2.75) is 32.1 Å². The molecule has 3 aromatic rings. The SMILES string of the molecule is COc1ccc(C(=O)N(CCC(=C=O)N2CCC(c3ccccc3NC(C)=O)CC2)c2ccc([N+](=O)[O-])cc2)cc1. The lowest BCUT2D eigenvalue weighted by molar-refractivity contribution is -0.384. The predicted molar refractivity (Wildman–Crippen MR) is 156 cm³/mol. The van der Waals surface area contributed by atoms with Crippen LogP contribution in [0.25, 0.3) is 0 Å². The van der Waals surface area contributed by atoms with Gasteiger partial charge in [0.2, 0.25) is 5.91 Å². The van der Waals surface area contributed by atoms with E-state index in [1.165, 1.54) is 43.2 Å². The van der Waals surface area contributed by atoms with Gasteiger partial charge in [-0.15, -0.1) is 0 Å². The number of nitro benzene ring substituents is 1. The number of non-ortho nitro benzene ring substituents is 1. The number of nitro groups is 1. The second kappa shape index (κ2) is 13.4. The summed E-state index contributed by atoms with van der Waals surface area (Å²) in [5.41, 5.74) is 3.17. The molecular formula is C31H32N4O6. The van der Waals surface area contributed by atoms with E-state index in [1.54, 1.807) is 24.3 Å². The second-order valence-electron chi connectivity index (χ2n) is 9.79. The first-order chi connectivity index (χ1) is 19.8. The molecule has 4 rings (SSSR count). The highest BCUT2D eigenvalue weighted by atomic mass is 16.6. The number of rotatable bonds is 10. The monoisotopic (exact) mass is 556 g/mol. The Bertz CT molecular complexity index is 1440. The van der Waals surface area contributed by atoms with E-state index in [0.29, 0.717) is 35.8 Å². The van der Waals surface area contributed by atoms with Crippen LogP contribution >= 0.6 is 0 Å². The van der Waals surface area contributed by atoms with Gasteiger partial charge in [-0.3, -0.25) is 19.7 Å². The number of nitrogens with zero attached hydrogens (tertiary/aromatic N) is 3. The first-order valence-corrected chi connectivity index (χ1v) is 13.4. The number of hydrogen-bond donors (Lipinski definition) is 1. The summed E-state index contributed by atoms with van der Waals surface area (Å²) in [7, 11) is 1.54. The van der Waals surface area contributed by atoms with Crippen LogP contribution in [-0.4, -0.2) is 54.3 Å². The largest absolute Gasteiger partial charge is 0.497 e. The summed E-state index contributed by atoms with van der Waals surface area (Å²) in [6, 6.07) is 20.2. The first-order valence-electron chi connectivity index (χ1n) is 13.4. The summed E-state index contributed by atoms with van der Waals surface area (Å²) in [6.45, 7) is 2.93. The van der Waals surface area contributed by atoms with Crippen molar-refractivity contribution in [3.8, 4) is 5.75 Å². The van der Waals surface area contributed by atoms with Crippen LogP contribution in [0.3, 0.4) is 0 Å². The fourth-order valence-electron chi connectivity index (χ4n) is 5.10. The van der Waals surface area contributed by atoms with Gasteiger partial charge in [-0.05, 0) is 66.8 Å². The lowest BCUT2D eigenvalue weighted by atomic mass is 9.88. The fourth-order valence-corrected chi connectivity index (χ4v) is 5.10. The van der Waals surface area contributed by atoms with Crippen LogP contribution in [0.4, 0.5) is 17.1 Å². The number of nitrogens with one attached hydrogen (secondary N) is 1. The van der Waals surface area contributed by atoms with Crippen molar-refractivity contribution in [2.75, 3.05) is 37.0 Å². The number of para-hydroxylation sites is 1. The van der Waals surface area contributed by atoms with Gasteiger partial charge in [-0.1, -0.05) is 18.2 Å². The highest BCUT2D eigenvalue weighted by Crippen LogP contribution is 2.34. The number of carbonyl (C=O) groups excluding carboxylic acids is 3. The Morgan fingerprint density at radius 2 is 1.71 bits per heavy atom. The molecule has 0 radical (unpaired) electrons. The van der Waals surface area contributed by atoms with E-state index in [1.807, 2.05) is 29.2 Å². The van der Waals surface area contributed by atoms with Crippen molar-refractivity contribution >= 4 is 34.8 Å². The number of piperidine rings is 1. The molecule has 0 bridgehead atoms. The molecule has 1 aliphatic rings. The van der Waals surface area contributed by atoms with Crippen molar-refractivity contribution in [1.82, 2.24) is 4.90 Å². The lowest BCUT2D eigenvalue weighted by Crippen LogP contribution is -2.36. The Hall–Kier alpha value is -4.95. The maximum Gasteiger partial charge on any atom is 0.269 e. The van der Waals surface area contributed by atoms with Gasteiger partial charge in [0.25, 0.3) is 11.6 Å². The predicted octanol–water partition coefficient (Wildman–Crippen LogP) is 5.19. The number of carbonyl (C=O) groups is 2. The second-order valence-corrected chi connectivity index (χ2v) is 9.79. The number of methoxy groups -OCH3 is 1.